The molecule has 0 saturated heterocycles. The van der Waals surface area contributed by atoms with Crippen LogP contribution in [0.3, 0.4) is 0 Å². The lowest BCUT2D eigenvalue weighted by Gasteiger charge is -2.09. The van der Waals surface area contributed by atoms with E-state index < -0.39 is 48.3 Å². The van der Waals surface area contributed by atoms with Crippen LogP contribution in [0.25, 0.3) is 0 Å². The largest absolute Gasteiger partial charge is 0.478 e. The Morgan fingerprint density at radius 2 is 1.48 bits per heavy atom. The molecule has 0 aliphatic heterocycles. The summed E-state index contributed by atoms with van der Waals surface area (Å²) >= 11 is 0. The Kier molecular flexibility index (Phi) is 4.54. The van der Waals surface area contributed by atoms with Gasteiger partial charge in [-0.15, -0.1) is 0 Å². The number of hydrogen-bond donors (Lipinski definition) is 2. The first-order valence-electron chi connectivity index (χ1n) is 6.52. The molecule has 0 bridgehead atoms. The molecule has 124 valence electrons. The maximum absolute atomic E-state index is 12.8. The van der Waals surface area contributed by atoms with Crippen LogP contribution >= 0.6 is 0 Å². The Morgan fingerprint density at radius 3 is 1.92 bits per heavy atom. The second-order valence-electron chi connectivity index (χ2n) is 4.76. The molecular formula is C16H8N2O6S. The summed E-state index contributed by atoms with van der Waals surface area (Å²) in [4.78, 5) is 21.2. The van der Waals surface area contributed by atoms with Crippen LogP contribution in [-0.2, 0) is 9.84 Å². The molecule has 0 aliphatic rings. The van der Waals surface area contributed by atoms with Gasteiger partial charge in [0.2, 0.25) is 9.84 Å². The molecule has 0 radical (unpaired) electrons. The van der Waals surface area contributed by atoms with Gasteiger partial charge in [0.25, 0.3) is 0 Å². The van der Waals surface area contributed by atoms with Gasteiger partial charge in [0.1, 0.15) is 12.1 Å². The molecule has 25 heavy (non-hydrogen) atoms. The molecule has 2 aromatic carbocycles. The predicted molar refractivity (Wildman–Crippen MR) is 81.7 cm³/mol. The van der Waals surface area contributed by atoms with Crippen molar-refractivity contribution in [1.29, 1.82) is 10.5 Å². The number of benzene rings is 2. The van der Waals surface area contributed by atoms with E-state index in [9.17, 15) is 23.3 Å². The monoisotopic (exact) mass is 356 g/mol. The van der Waals surface area contributed by atoms with Gasteiger partial charge in [0.05, 0.1) is 32.0 Å². The maximum Gasteiger partial charge on any atom is 0.335 e. The van der Waals surface area contributed by atoms with Crippen LogP contribution < -0.4 is 0 Å². The standard InChI is InChI=1S/C16H8N2O6S/c17-7-9-2-1-3-14(13(9)8-18)25(23,24)12-5-10(15(19)20)4-11(6-12)16(21)22/h1-6H,(H,19,20)(H,21,22). The third kappa shape index (κ3) is 3.17. The lowest BCUT2D eigenvalue weighted by Crippen LogP contribution is -2.10. The summed E-state index contributed by atoms with van der Waals surface area (Å²) in [5, 5.41) is 36.3. The minimum Gasteiger partial charge on any atom is -0.478 e. The van der Waals surface area contributed by atoms with Gasteiger partial charge in [0.15, 0.2) is 0 Å². The molecule has 0 aliphatic carbocycles. The number of carboxylic acids is 2. The smallest absolute Gasteiger partial charge is 0.335 e. The van der Waals surface area contributed by atoms with Gasteiger partial charge in [-0.25, -0.2) is 18.0 Å². The summed E-state index contributed by atoms with van der Waals surface area (Å²) in [5.74, 6) is -3.02. The van der Waals surface area contributed by atoms with Crippen LogP contribution in [0.2, 0.25) is 0 Å². The van der Waals surface area contributed by atoms with Gasteiger partial charge < -0.3 is 10.2 Å². The molecule has 0 atom stereocenters. The topological polar surface area (TPSA) is 156 Å². The zero-order valence-corrected chi connectivity index (χ0v) is 13.1. The number of hydrogen-bond acceptors (Lipinski definition) is 6. The second kappa shape index (κ2) is 6.43. The Bertz CT molecular complexity index is 1060. The number of carbonyl (C=O) groups is 2. The highest BCUT2D eigenvalue weighted by Crippen LogP contribution is 2.27. The van der Waals surface area contributed by atoms with Crippen LogP contribution in [0, 0.1) is 22.7 Å². The summed E-state index contributed by atoms with van der Waals surface area (Å²) in [7, 11) is -4.43. The first-order valence-corrected chi connectivity index (χ1v) is 8.00. The van der Waals surface area contributed by atoms with E-state index in [-0.39, 0.29) is 5.56 Å². The van der Waals surface area contributed by atoms with Crippen LogP contribution in [0.4, 0.5) is 0 Å². The number of nitriles is 2. The molecule has 0 unspecified atom stereocenters. The highest BCUT2D eigenvalue weighted by molar-refractivity contribution is 7.91. The summed E-state index contributed by atoms with van der Waals surface area (Å²) in [6.45, 7) is 0. The van der Waals surface area contributed by atoms with Gasteiger partial charge in [-0.1, -0.05) is 6.07 Å². The van der Waals surface area contributed by atoms with Crippen molar-refractivity contribution in [2.45, 2.75) is 9.79 Å². The summed E-state index contributed by atoms with van der Waals surface area (Å²) in [6.07, 6.45) is 0. The fourth-order valence-corrected chi connectivity index (χ4v) is 3.59. The molecule has 0 fully saturated rings. The zero-order chi connectivity index (χ0) is 18.8. The summed E-state index contributed by atoms with van der Waals surface area (Å²) in [5.41, 5.74) is -1.64. The second-order valence-corrected chi connectivity index (χ2v) is 6.68. The summed E-state index contributed by atoms with van der Waals surface area (Å²) in [6, 6.07) is 9.34. The van der Waals surface area contributed by atoms with E-state index in [0.29, 0.717) is 0 Å². The van der Waals surface area contributed by atoms with Crippen LogP contribution in [0.1, 0.15) is 31.8 Å². The molecule has 8 nitrogen and oxygen atoms in total. The minimum absolute atomic E-state index is 0.170. The Labute approximate surface area is 141 Å². The van der Waals surface area contributed by atoms with Gasteiger partial charge >= 0.3 is 11.9 Å². The highest BCUT2D eigenvalue weighted by atomic mass is 32.2. The van der Waals surface area contributed by atoms with Gasteiger partial charge in [-0.3, -0.25) is 0 Å². The van der Waals surface area contributed by atoms with Crippen molar-refractivity contribution in [3.63, 3.8) is 0 Å². The van der Waals surface area contributed by atoms with E-state index in [4.69, 9.17) is 15.5 Å². The minimum atomic E-state index is -4.43. The van der Waals surface area contributed by atoms with Crippen molar-refractivity contribution in [2.75, 3.05) is 0 Å². The number of rotatable bonds is 4. The third-order valence-corrected chi connectivity index (χ3v) is 5.03. The fraction of sp³-hybridized carbons (Fsp3) is 0. The van der Waals surface area contributed by atoms with Crippen LogP contribution in [-0.4, -0.2) is 30.6 Å². The van der Waals surface area contributed by atoms with E-state index in [2.05, 4.69) is 0 Å². The van der Waals surface area contributed by atoms with Gasteiger partial charge in [0, 0.05) is 0 Å². The highest BCUT2D eigenvalue weighted by Gasteiger charge is 2.26. The number of aromatic carboxylic acids is 2. The van der Waals surface area contributed by atoms with Gasteiger partial charge in [-0.05, 0) is 30.3 Å². The van der Waals surface area contributed by atoms with Crippen molar-refractivity contribution >= 4 is 21.8 Å². The quantitative estimate of drug-likeness (QED) is 0.837. The predicted octanol–water partition coefficient (Wildman–Crippen LogP) is 1.66. The molecule has 2 aromatic rings. The molecule has 0 aromatic heterocycles. The maximum atomic E-state index is 12.8. The fourth-order valence-electron chi connectivity index (χ4n) is 2.09. The van der Waals surface area contributed by atoms with Crippen molar-refractivity contribution in [1.82, 2.24) is 0 Å². The Morgan fingerprint density at radius 1 is 0.920 bits per heavy atom. The normalized spacial score (nSPS) is 10.5. The van der Waals surface area contributed by atoms with Crippen LogP contribution in [0.5, 0.6) is 0 Å². The first kappa shape index (κ1) is 17.7. The van der Waals surface area contributed by atoms with E-state index in [0.717, 1.165) is 24.3 Å². The van der Waals surface area contributed by atoms with Crippen molar-refractivity contribution in [3.05, 3.63) is 58.7 Å². The van der Waals surface area contributed by atoms with E-state index in [1.54, 1.807) is 12.1 Å². The molecule has 0 spiro atoms. The van der Waals surface area contributed by atoms with Gasteiger partial charge in [-0.2, -0.15) is 10.5 Å². The molecule has 2 rings (SSSR count). The first-order chi connectivity index (χ1) is 11.7. The SMILES string of the molecule is N#Cc1cccc(S(=O)(=O)c2cc(C(=O)O)cc(C(=O)O)c2)c1C#N. The third-order valence-electron chi connectivity index (χ3n) is 3.26. The Hall–Kier alpha value is -3.69. The van der Waals surface area contributed by atoms with E-state index >= 15 is 0 Å². The molecule has 0 heterocycles. The number of nitrogens with zero attached hydrogens (tertiary/aromatic N) is 2. The van der Waals surface area contributed by atoms with Crippen molar-refractivity contribution in [3.8, 4) is 12.1 Å². The zero-order valence-electron chi connectivity index (χ0n) is 12.3. The molecular weight excluding hydrogens is 348 g/mol. The summed E-state index contributed by atoms with van der Waals surface area (Å²) < 4.78 is 25.6. The Balaban J connectivity index is 2.83. The number of carboxylic acid groups (broad SMARTS) is 2. The lowest BCUT2D eigenvalue weighted by molar-refractivity contribution is 0.0696. The van der Waals surface area contributed by atoms with E-state index in [1.807, 2.05) is 0 Å². The molecule has 9 heteroatoms. The van der Waals surface area contributed by atoms with Crippen molar-refractivity contribution in [2.24, 2.45) is 0 Å². The lowest BCUT2D eigenvalue weighted by atomic mass is 10.1. The molecule has 0 saturated carbocycles. The number of sulfone groups is 1. The van der Waals surface area contributed by atoms with Crippen molar-refractivity contribution < 1.29 is 28.2 Å². The average Bonchev–Trinajstić information content (AvgIpc) is 2.60. The molecule has 2 N–H and O–H groups in total. The van der Waals surface area contributed by atoms with E-state index in [1.165, 1.54) is 12.1 Å². The van der Waals surface area contributed by atoms with Crippen LogP contribution in [0.15, 0.2) is 46.2 Å². The molecule has 0 amide bonds. The average molecular weight is 356 g/mol.